The number of nitrogens with zero attached hydrogens (tertiary/aromatic N) is 2. The summed E-state index contributed by atoms with van der Waals surface area (Å²) in [6.07, 6.45) is 1.50. The molecule has 0 saturated heterocycles. The Kier molecular flexibility index (Phi) is 2.89. The van der Waals surface area contributed by atoms with E-state index in [0.717, 1.165) is 5.69 Å². The largest absolute Gasteiger partial charge is 0.276 e. The highest BCUT2D eigenvalue weighted by Crippen LogP contribution is 2.18. The van der Waals surface area contributed by atoms with Gasteiger partial charge in [-0.05, 0) is 19.1 Å². The number of nitrogens with one attached hydrogen (secondary N) is 1. The van der Waals surface area contributed by atoms with Gasteiger partial charge >= 0.3 is 0 Å². The number of rotatable bonds is 3. The van der Waals surface area contributed by atoms with Gasteiger partial charge in [0.15, 0.2) is 0 Å². The fourth-order valence-electron chi connectivity index (χ4n) is 1.40. The smallest absolute Gasteiger partial charge is 0.262 e. The number of aryl methyl sites for hydroxylation is 1. The van der Waals surface area contributed by atoms with Crippen LogP contribution in [0.5, 0.6) is 0 Å². The van der Waals surface area contributed by atoms with Gasteiger partial charge in [-0.1, -0.05) is 18.2 Å². The Bertz CT molecular complexity index is 617. The molecule has 0 aliphatic carbocycles. The summed E-state index contributed by atoms with van der Waals surface area (Å²) in [6, 6.07) is 8.24. The molecule has 6 heteroatoms. The summed E-state index contributed by atoms with van der Waals surface area (Å²) in [5.74, 6) is 0. The van der Waals surface area contributed by atoms with E-state index in [-0.39, 0.29) is 4.90 Å². The Morgan fingerprint density at radius 1 is 1.24 bits per heavy atom. The molecule has 1 heterocycles. The second-order valence-electron chi connectivity index (χ2n) is 3.69. The molecular formula is C11H13N3O2S. The average molecular weight is 251 g/mol. The Balaban J connectivity index is 2.34. The standard InChI is InChI=1S/C11H13N3O2S/c1-9-11(8-12-14(9)2)13-17(15,16)10-6-4-3-5-7-10/h3-8,13H,1-2H3. The minimum atomic E-state index is -3.53. The van der Waals surface area contributed by atoms with Crippen LogP contribution < -0.4 is 4.72 Å². The number of hydrogen-bond acceptors (Lipinski definition) is 3. The molecule has 0 spiro atoms. The molecule has 90 valence electrons. The van der Waals surface area contributed by atoms with Gasteiger partial charge in [-0.3, -0.25) is 9.40 Å². The highest BCUT2D eigenvalue weighted by molar-refractivity contribution is 7.92. The van der Waals surface area contributed by atoms with Crippen LogP contribution in [0.2, 0.25) is 0 Å². The number of benzene rings is 1. The van der Waals surface area contributed by atoms with Crippen molar-refractivity contribution in [3.05, 3.63) is 42.2 Å². The molecule has 2 aromatic rings. The molecule has 17 heavy (non-hydrogen) atoms. The van der Waals surface area contributed by atoms with Crippen LogP contribution in [0.15, 0.2) is 41.4 Å². The van der Waals surface area contributed by atoms with Crippen LogP contribution in [-0.4, -0.2) is 18.2 Å². The molecular weight excluding hydrogens is 238 g/mol. The predicted octanol–water partition coefficient (Wildman–Crippen LogP) is 1.53. The van der Waals surface area contributed by atoms with Gasteiger partial charge in [0.05, 0.1) is 22.5 Å². The first-order valence-corrected chi connectivity index (χ1v) is 6.55. The van der Waals surface area contributed by atoms with E-state index in [1.807, 2.05) is 0 Å². The summed E-state index contributed by atoms with van der Waals surface area (Å²) < 4.78 is 28.2. The molecule has 0 fully saturated rings. The Hall–Kier alpha value is -1.82. The van der Waals surface area contributed by atoms with Crippen molar-refractivity contribution in [3.8, 4) is 0 Å². The molecule has 0 saturated carbocycles. The maximum atomic E-state index is 12.0. The Morgan fingerprint density at radius 2 is 1.88 bits per heavy atom. The highest BCUT2D eigenvalue weighted by atomic mass is 32.2. The van der Waals surface area contributed by atoms with Crippen LogP contribution in [0.25, 0.3) is 0 Å². The second-order valence-corrected chi connectivity index (χ2v) is 5.37. The summed E-state index contributed by atoms with van der Waals surface area (Å²) in [7, 11) is -1.77. The minimum Gasteiger partial charge on any atom is -0.276 e. The SMILES string of the molecule is Cc1c(NS(=O)(=O)c2ccccc2)cnn1C. The van der Waals surface area contributed by atoms with Gasteiger partial charge in [0.1, 0.15) is 0 Å². The van der Waals surface area contributed by atoms with E-state index < -0.39 is 10.0 Å². The summed E-state index contributed by atoms with van der Waals surface area (Å²) in [6.45, 7) is 1.80. The highest BCUT2D eigenvalue weighted by Gasteiger charge is 2.15. The molecule has 1 aromatic heterocycles. The summed E-state index contributed by atoms with van der Waals surface area (Å²) >= 11 is 0. The van der Waals surface area contributed by atoms with Crippen molar-refractivity contribution in [3.63, 3.8) is 0 Å². The van der Waals surface area contributed by atoms with Crippen molar-refractivity contribution < 1.29 is 8.42 Å². The molecule has 0 radical (unpaired) electrons. The zero-order chi connectivity index (χ0) is 12.5. The molecule has 1 aromatic carbocycles. The van der Waals surface area contributed by atoms with Crippen LogP contribution in [0.4, 0.5) is 5.69 Å². The van der Waals surface area contributed by atoms with Gasteiger partial charge < -0.3 is 0 Å². The maximum Gasteiger partial charge on any atom is 0.262 e. The lowest BCUT2D eigenvalue weighted by Gasteiger charge is -2.06. The minimum absolute atomic E-state index is 0.239. The van der Waals surface area contributed by atoms with Crippen LogP contribution >= 0.6 is 0 Å². The van der Waals surface area contributed by atoms with Gasteiger partial charge in [-0.2, -0.15) is 5.10 Å². The maximum absolute atomic E-state index is 12.0. The molecule has 5 nitrogen and oxygen atoms in total. The first-order valence-electron chi connectivity index (χ1n) is 5.07. The van der Waals surface area contributed by atoms with Crippen LogP contribution in [0, 0.1) is 6.92 Å². The van der Waals surface area contributed by atoms with Crippen molar-refractivity contribution in [2.24, 2.45) is 7.05 Å². The van der Waals surface area contributed by atoms with Crippen molar-refractivity contribution >= 4 is 15.7 Å². The van der Waals surface area contributed by atoms with Crippen molar-refractivity contribution in [2.75, 3.05) is 4.72 Å². The first-order chi connectivity index (χ1) is 8.00. The van der Waals surface area contributed by atoms with Crippen LogP contribution in [0.1, 0.15) is 5.69 Å². The number of aromatic nitrogens is 2. The van der Waals surface area contributed by atoms with Crippen molar-refractivity contribution in [1.82, 2.24) is 9.78 Å². The lowest BCUT2D eigenvalue weighted by Crippen LogP contribution is -2.13. The summed E-state index contributed by atoms with van der Waals surface area (Å²) in [5, 5.41) is 3.98. The van der Waals surface area contributed by atoms with Crippen molar-refractivity contribution in [2.45, 2.75) is 11.8 Å². The van der Waals surface area contributed by atoms with E-state index >= 15 is 0 Å². The third-order valence-corrected chi connectivity index (χ3v) is 3.91. The number of hydrogen-bond donors (Lipinski definition) is 1. The quantitative estimate of drug-likeness (QED) is 0.899. The van der Waals surface area contributed by atoms with Gasteiger partial charge in [-0.15, -0.1) is 0 Å². The van der Waals surface area contributed by atoms with E-state index in [9.17, 15) is 8.42 Å². The Labute approximate surface area is 100 Å². The third kappa shape index (κ3) is 2.31. The van der Waals surface area contributed by atoms with E-state index in [2.05, 4.69) is 9.82 Å². The fourth-order valence-corrected chi connectivity index (χ4v) is 2.53. The molecule has 0 aliphatic heterocycles. The van der Waals surface area contributed by atoms with Crippen molar-refractivity contribution in [1.29, 1.82) is 0 Å². The normalized spacial score (nSPS) is 11.4. The first kappa shape index (κ1) is 11.7. The Morgan fingerprint density at radius 3 is 2.41 bits per heavy atom. The molecule has 0 amide bonds. The molecule has 0 atom stereocenters. The fraction of sp³-hybridized carbons (Fsp3) is 0.182. The predicted molar refractivity (Wildman–Crippen MR) is 65.2 cm³/mol. The van der Waals surface area contributed by atoms with E-state index in [0.29, 0.717) is 5.69 Å². The van der Waals surface area contributed by atoms with Gasteiger partial charge in [0.25, 0.3) is 10.0 Å². The van der Waals surface area contributed by atoms with Gasteiger partial charge in [0.2, 0.25) is 0 Å². The van der Waals surface area contributed by atoms with E-state index in [1.165, 1.54) is 6.20 Å². The zero-order valence-corrected chi connectivity index (χ0v) is 10.4. The number of anilines is 1. The third-order valence-electron chi connectivity index (χ3n) is 2.53. The lowest BCUT2D eigenvalue weighted by atomic mass is 10.4. The van der Waals surface area contributed by atoms with Gasteiger partial charge in [0, 0.05) is 7.05 Å². The van der Waals surface area contributed by atoms with Crippen LogP contribution in [0.3, 0.4) is 0 Å². The number of sulfonamides is 1. The average Bonchev–Trinajstić information content (AvgIpc) is 2.62. The van der Waals surface area contributed by atoms with E-state index in [1.54, 1.807) is 49.0 Å². The van der Waals surface area contributed by atoms with Crippen LogP contribution in [-0.2, 0) is 17.1 Å². The van der Waals surface area contributed by atoms with Gasteiger partial charge in [-0.25, -0.2) is 8.42 Å². The van der Waals surface area contributed by atoms with E-state index in [4.69, 9.17) is 0 Å². The topological polar surface area (TPSA) is 64.0 Å². The molecule has 0 aliphatic rings. The summed E-state index contributed by atoms with van der Waals surface area (Å²) in [5.41, 5.74) is 1.26. The molecule has 1 N–H and O–H groups in total. The monoisotopic (exact) mass is 251 g/mol. The summed E-state index contributed by atoms with van der Waals surface area (Å²) in [4.78, 5) is 0.239. The molecule has 0 bridgehead atoms. The zero-order valence-electron chi connectivity index (χ0n) is 9.58. The molecule has 0 unspecified atom stereocenters. The second kappa shape index (κ2) is 4.21. The molecule has 2 rings (SSSR count). The lowest BCUT2D eigenvalue weighted by molar-refractivity contribution is 0.601.